The van der Waals surface area contributed by atoms with Crippen molar-refractivity contribution in [1.29, 1.82) is 0 Å². The molecule has 2 fully saturated rings. The predicted octanol–water partition coefficient (Wildman–Crippen LogP) is 0.840. The molecule has 1 spiro atoms. The molecule has 0 saturated heterocycles. The van der Waals surface area contributed by atoms with Crippen molar-refractivity contribution in [3.8, 4) is 0 Å². The summed E-state index contributed by atoms with van der Waals surface area (Å²) in [7, 11) is 0. The molecule has 3 heteroatoms. The van der Waals surface area contributed by atoms with E-state index < -0.39 is 11.5 Å². The molecule has 0 aromatic heterocycles. The maximum absolute atomic E-state index is 11.6. The molecule has 2 saturated carbocycles. The number of hydrogen-bond donors (Lipinski definition) is 1. The van der Waals surface area contributed by atoms with Crippen molar-refractivity contribution in [2.45, 2.75) is 44.6 Å². The Labute approximate surface area is 77.1 Å². The van der Waals surface area contributed by atoms with E-state index in [2.05, 4.69) is 0 Å². The molecule has 1 unspecified atom stereocenters. The van der Waals surface area contributed by atoms with Gasteiger partial charge in [0, 0.05) is 12.8 Å². The molecule has 13 heavy (non-hydrogen) atoms. The normalized spacial score (nSPS) is 32.8. The van der Waals surface area contributed by atoms with Gasteiger partial charge in [-0.2, -0.15) is 0 Å². The molecule has 0 radical (unpaired) electrons. The fraction of sp³-hybridized carbons (Fsp3) is 0.800. The Bertz CT molecular complexity index is 241. The lowest BCUT2D eigenvalue weighted by atomic mass is 9.70. The van der Waals surface area contributed by atoms with Crippen molar-refractivity contribution >= 4 is 11.6 Å². The second kappa shape index (κ2) is 2.91. The van der Waals surface area contributed by atoms with Crippen LogP contribution in [0, 0.1) is 5.41 Å². The summed E-state index contributed by atoms with van der Waals surface area (Å²) in [6, 6.07) is 0. The minimum Gasteiger partial charge on any atom is -0.393 e. The topological polar surface area (TPSA) is 54.4 Å². The van der Waals surface area contributed by atoms with Gasteiger partial charge >= 0.3 is 0 Å². The van der Waals surface area contributed by atoms with E-state index in [0.717, 1.165) is 12.8 Å². The molecule has 0 aliphatic heterocycles. The molecule has 0 heterocycles. The maximum Gasteiger partial charge on any atom is 0.146 e. The first-order chi connectivity index (χ1) is 6.15. The van der Waals surface area contributed by atoms with Crippen LogP contribution in [-0.4, -0.2) is 22.8 Å². The predicted molar refractivity (Wildman–Crippen MR) is 46.2 cm³/mol. The third-order valence-corrected chi connectivity index (χ3v) is 3.37. The van der Waals surface area contributed by atoms with Crippen LogP contribution in [0.15, 0.2) is 0 Å². The molecule has 0 aromatic carbocycles. The first kappa shape index (κ1) is 8.88. The number of carbonyl (C=O) groups excluding carboxylic acids is 2. The van der Waals surface area contributed by atoms with Crippen LogP contribution < -0.4 is 0 Å². The molecular weight excluding hydrogens is 168 g/mol. The zero-order valence-electron chi connectivity index (χ0n) is 7.58. The molecule has 2 aliphatic rings. The minimum absolute atomic E-state index is 0.0660. The van der Waals surface area contributed by atoms with Crippen molar-refractivity contribution in [2.75, 3.05) is 0 Å². The van der Waals surface area contributed by atoms with Crippen LogP contribution in [0.4, 0.5) is 0 Å². The van der Waals surface area contributed by atoms with Crippen LogP contribution in [-0.2, 0) is 9.59 Å². The van der Waals surface area contributed by atoms with E-state index in [4.69, 9.17) is 0 Å². The average molecular weight is 182 g/mol. The lowest BCUT2D eigenvalue weighted by Gasteiger charge is -2.32. The summed E-state index contributed by atoms with van der Waals surface area (Å²) in [5, 5.41) is 9.47. The monoisotopic (exact) mass is 182 g/mol. The standard InChI is InChI=1S/C10H14O3/c11-7-2-1-5-10(6-7)8(12)3-4-9(10)13/h7,11H,1-6H2. The van der Waals surface area contributed by atoms with Crippen LogP contribution in [0.5, 0.6) is 0 Å². The Morgan fingerprint density at radius 3 is 2.38 bits per heavy atom. The first-order valence-corrected chi connectivity index (χ1v) is 4.90. The van der Waals surface area contributed by atoms with Gasteiger partial charge in [0.1, 0.15) is 11.6 Å². The van der Waals surface area contributed by atoms with Crippen molar-refractivity contribution in [3.05, 3.63) is 0 Å². The molecule has 0 bridgehead atoms. The zero-order valence-corrected chi connectivity index (χ0v) is 7.58. The summed E-state index contributed by atoms with van der Waals surface area (Å²) in [5.74, 6) is 0.132. The van der Waals surface area contributed by atoms with Crippen LogP contribution in [0.1, 0.15) is 38.5 Å². The van der Waals surface area contributed by atoms with E-state index in [1.165, 1.54) is 0 Å². The highest BCUT2D eigenvalue weighted by Crippen LogP contribution is 2.44. The van der Waals surface area contributed by atoms with Gasteiger partial charge in [0.25, 0.3) is 0 Å². The SMILES string of the molecule is O=C1CCC(=O)C12CCCC(O)C2. The molecule has 0 aromatic rings. The number of hydrogen-bond acceptors (Lipinski definition) is 3. The minimum atomic E-state index is -0.766. The third kappa shape index (κ3) is 1.22. The Morgan fingerprint density at radius 2 is 1.85 bits per heavy atom. The summed E-state index contributed by atoms with van der Waals surface area (Å²) in [4.78, 5) is 23.2. The van der Waals surface area contributed by atoms with Gasteiger partial charge in [0.2, 0.25) is 0 Å². The summed E-state index contributed by atoms with van der Waals surface area (Å²) < 4.78 is 0. The zero-order chi connectivity index (χ0) is 9.47. The van der Waals surface area contributed by atoms with Gasteiger partial charge in [0.05, 0.1) is 11.5 Å². The lowest BCUT2D eigenvalue weighted by molar-refractivity contribution is -0.139. The highest BCUT2D eigenvalue weighted by molar-refractivity contribution is 6.12. The van der Waals surface area contributed by atoms with E-state index in [0.29, 0.717) is 25.7 Å². The molecule has 2 aliphatic carbocycles. The van der Waals surface area contributed by atoms with Crippen LogP contribution in [0.25, 0.3) is 0 Å². The summed E-state index contributed by atoms with van der Waals surface area (Å²) in [6.07, 6.45) is 2.93. The van der Waals surface area contributed by atoms with Gasteiger partial charge in [0.15, 0.2) is 0 Å². The fourth-order valence-corrected chi connectivity index (χ4v) is 2.61. The second-order valence-corrected chi connectivity index (χ2v) is 4.18. The molecule has 0 amide bonds. The van der Waals surface area contributed by atoms with Crippen molar-refractivity contribution in [3.63, 3.8) is 0 Å². The fourth-order valence-electron chi connectivity index (χ4n) is 2.61. The summed E-state index contributed by atoms with van der Waals surface area (Å²) in [5.41, 5.74) is -0.766. The largest absolute Gasteiger partial charge is 0.393 e. The van der Waals surface area contributed by atoms with Crippen LogP contribution in [0.2, 0.25) is 0 Å². The third-order valence-electron chi connectivity index (χ3n) is 3.37. The van der Waals surface area contributed by atoms with Gasteiger partial charge in [-0.1, -0.05) is 0 Å². The molecule has 1 atom stereocenters. The van der Waals surface area contributed by atoms with Crippen LogP contribution in [0.3, 0.4) is 0 Å². The molecule has 1 N–H and O–H groups in total. The average Bonchev–Trinajstić information content (AvgIpc) is 2.34. The van der Waals surface area contributed by atoms with E-state index in [9.17, 15) is 14.7 Å². The Kier molecular flexibility index (Phi) is 1.99. The number of aliphatic hydroxyl groups is 1. The Balaban J connectivity index is 2.26. The number of rotatable bonds is 0. The second-order valence-electron chi connectivity index (χ2n) is 4.18. The molecule has 2 rings (SSSR count). The quantitative estimate of drug-likeness (QED) is 0.565. The summed E-state index contributed by atoms with van der Waals surface area (Å²) >= 11 is 0. The highest BCUT2D eigenvalue weighted by atomic mass is 16.3. The highest BCUT2D eigenvalue weighted by Gasteiger charge is 2.51. The number of ketones is 2. The van der Waals surface area contributed by atoms with Gasteiger partial charge in [-0.25, -0.2) is 0 Å². The van der Waals surface area contributed by atoms with Crippen molar-refractivity contribution in [2.24, 2.45) is 5.41 Å². The van der Waals surface area contributed by atoms with Gasteiger partial charge in [-0.3, -0.25) is 9.59 Å². The van der Waals surface area contributed by atoms with Crippen molar-refractivity contribution in [1.82, 2.24) is 0 Å². The Hall–Kier alpha value is -0.700. The van der Waals surface area contributed by atoms with Crippen molar-refractivity contribution < 1.29 is 14.7 Å². The van der Waals surface area contributed by atoms with Crippen LogP contribution >= 0.6 is 0 Å². The number of aliphatic hydroxyl groups excluding tert-OH is 1. The number of Topliss-reactive ketones (excluding diaryl/α,β-unsaturated/α-hetero) is 2. The molecule has 3 nitrogen and oxygen atoms in total. The van der Waals surface area contributed by atoms with Gasteiger partial charge in [-0.05, 0) is 25.7 Å². The van der Waals surface area contributed by atoms with Gasteiger partial charge < -0.3 is 5.11 Å². The maximum atomic E-state index is 11.6. The van der Waals surface area contributed by atoms with E-state index in [-0.39, 0.29) is 11.6 Å². The van der Waals surface area contributed by atoms with E-state index >= 15 is 0 Å². The number of carbonyl (C=O) groups is 2. The Morgan fingerprint density at radius 1 is 1.23 bits per heavy atom. The van der Waals surface area contributed by atoms with Gasteiger partial charge in [-0.15, -0.1) is 0 Å². The summed E-state index contributed by atoms with van der Waals surface area (Å²) in [6.45, 7) is 0. The smallest absolute Gasteiger partial charge is 0.146 e. The molecule has 72 valence electrons. The van der Waals surface area contributed by atoms with E-state index in [1.807, 2.05) is 0 Å². The molecular formula is C10H14O3. The first-order valence-electron chi connectivity index (χ1n) is 4.90. The van der Waals surface area contributed by atoms with E-state index in [1.54, 1.807) is 0 Å². The lowest BCUT2D eigenvalue weighted by Crippen LogP contribution is -2.39.